The Bertz CT molecular complexity index is 1700. The van der Waals surface area contributed by atoms with Crippen molar-refractivity contribution in [2.75, 3.05) is 11.4 Å². The number of carboxylic acids is 2. The lowest BCUT2D eigenvalue weighted by atomic mass is 10.1. The molecule has 12 heteroatoms. The normalized spacial score (nSPS) is 12.6. The fourth-order valence-corrected chi connectivity index (χ4v) is 5.91. The second-order valence-electron chi connectivity index (χ2n) is 10.7. The van der Waals surface area contributed by atoms with Crippen LogP contribution >= 0.6 is 11.3 Å². The van der Waals surface area contributed by atoms with Gasteiger partial charge in [0.15, 0.2) is 0 Å². The zero-order chi connectivity index (χ0) is 33.3. The number of thiazole rings is 1. The average Bonchev–Trinajstić information content (AvgIpc) is 3.36. The molecule has 0 amide bonds. The molecule has 1 aliphatic rings. The van der Waals surface area contributed by atoms with Crippen LogP contribution in [0.15, 0.2) is 66.7 Å². The zero-order valence-electron chi connectivity index (χ0n) is 25.0. The number of aryl methyl sites for hydroxylation is 3. The smallest absolute Gasteiger partial charge is 0.489 e. The molecule has 4 aromatic rings. The van der Waals surface area contributed by atoms with E-state index < -0.39 is 18.1 Å². The summed E-state index contributed by atoms with van der Waals surface area (Å²) in [7, 11) is 0. The summed E-state index contributed by atoms with van der Waals surface area (Å²) in [5, 5.41) is 27.5. The summed E-state index contributed by atoms with van der Waals surface area (Å²) < 4.78 is 37.7. The molecule has 3 aromatic carbocycles. The third-order valence-corrected chi connectivity index (χ3v) is 8.45. The first kappa shape index (κ1) is 34.0. The number of ether oxygens (including phenoxy) is 1. The summed E-state index contributed by atoms with van der Waals surface area (Å²) in [5.74, 6) is -2.77. The van der Waals surface area contributed by atoms with Crippen LogP contribution in [0.5, 0.6) is 5.75 Å². The van der Waals surface area contributed by atoms with Crippen molar-refractivity contribution in [1.82, 2.24) is 4.98 Å². The molecule has 240 valence electrons. The Morgan fingerprint density at radius 3 is 2.26 bits per heavy atom. The van der Waals surface area contributed by atoms with Gasteiger partial charge in [-0.15, -0.1) is 0 Å². The van der Waals surface area contributed by atoms with Gasteiger partial charge in [0.2, 0.25) is 0 Å². The number of alkyl halides is 3. The first-order valence-electron chi connectivity index (χ1n) is 14.5. The molecular weight excluding hydrogens is 619 g/mol. The molecule has 5 rings (SSSR count). The van der Waals surface area contributed by atoms with Gasteiger partial charge in [-0.2, -0.15) is 18.4 Å². The van der Waals surface area contributed by atoms with Crippen molar-refractivity contribution in [1.29, 1.82) is 5.26 Å². The van der Waals surface area contributed by atoms with Gasteiger partial charge in [-0.1, -0.05) is 53.8 Å². The van der Waals surface area contributed by atoms with Gasteiger partial charge in [-0.05, 0) is 79.1 Å². The fraction of sp³-hybridized carbons (Fsp3) is 0.294. The van der Waals surface area contributed by atoms with E-state index in [1.54, 1.807) is 11.3 Å². The minimum Gasteiger partial charge on any atom is -0.489 e. The number of aliphatic carboxylic acids is 2. The van der Waals surface area contributed by atoms with Gasteiger partial charge in [0.25, 0.3) is 0 Å². The number of benzene rings is 3. The Morgan fingerprint density at radius 2 is 1.65 bits per heavy atom. The summed E-state index contributed by atoms with van der Waals surface area (Å²) in [5.41, 5.74) is 7.27. The number of halogens is 3. The molecule has 0 saturated heterocycles. The number of hydrogen-bond acceptors (Lipinski definition) is 7. The summed E-state index contributed by atoms with van der Waals surface area (Å²) in [4.78, 5) is 27.1. The minimum absolute atomic E-state index is 0.131. The summed E-state index contributed by atoms with van der Waals surface area (Å²) >= 11 is 1.75. The third kappa shape index (κ3) is 9.55. The molecular formula is C34H32F3N3O5S. The van der Waals surface area contributed by atoms with Crippen LogP contribution in [-0.4, -0.2) is 39.9 Å². The van der Waals surface area contributed by atoms with Crippen molar-refractivity contribution in [2.45, 2.75) is 58.4 Å². The first-order valence-corrected chi connectivity index (χ1v) is 15.3. The second kappa shape index (κ2) is 15.4. The van der Waals surface area contributed by atoms with Crippen molar-refractivity contribution < 1.29 is 37.7 Å². The summed E-state index contributed by atoms with van der Waals surface area (Å²) in [6, 6.07) is 24.4. The predicted molar refractivity (Wildman–Crippen MR) is 168 cm³/mol. The highest BCUT2D eigenvalue weighted by Crippen LogP contribution is 2.38. The Hall–Kier alpha value is -4.89. The Balaban J connectivity index is 0.000000617. The highest BCUT2D eigenvalue weighted by atomic mass is 32.1. The van der Waals surface area contributed by atoms with Gasteiger partial charge < -0.3 is 19.8 Å². The number of carbonyl (C=O) groups is 2. The van der Waals surface area contributed by atoms with Crippen LogP contribution in [0.4, 0.5) is 18.2 Å². The number of rotatable bonds is 9. The van der Waals surface area contributed by atoms with E-state index >= 15 is 0 Å². The standard InChI is InChI=1S/C32H31N3O3S.C2HF3O2/c1-22-18-26(12-13-27(22)19-33)31-34-29-4-2-3-17-35(32(29)39-31)20-24-5-7-25(8-6-24)21-38-28-14-9-23(10-15-28)11-16-30(36)37;3-2(4,5)1(6)7/h5-10,12-15,18H,2-4,11,16-17,20-21H2,1H3,(H,36,37);(H,6,7). The molecule has 0 fully saturated rings. The van der Waals surface area contributed by atoms with Crippen molar-refractivity contribution in [2.24, 2.45) is 0 Å². The molecule has 0 saturated carbocycles. The van der Waals surface area contributed by atoms with Gasteiger partial charge in [0, 0.05) is 25.1 Å². The maximum atomic E-state index is 10.7. The maximum Gasteiger partial charge on any atom is 0.490 e. The van der Waals surface area contributed by atoms with Crippen LogP contribution in [0.1, 0.15) is 52.8 Å². The van der Waals surface area contributed by atoms with Crippen molar-refractivity contribution in [3.63, 3.8) is 0 Å². The Labute approximate surface area is 268 Å². The quantitative estimate of drug-likeness (QED) is 0.190. The van der Waals surface area contributed by atoms with Crippen molar-refractivity contribution >= 4 is 28.3 Å². The Kier molecular flexibility index (Phi) is 11.4. The number of anilines is 1. The molecule has 0 bridgehead atoms. The minimum atomic E-state index is -5.08. The highest BCUT2D eigenvalue weighted by Gasteiger charge is 2.38. The third-order valence-electron chi connectivity index (χ3n) is 7.24. The van der Waals surface area contributed by atoms with E-state index in [9.17, 15) is 23.2 Å². The second-order valence-corrected chi connectivity index (χ2v) is 11.7. The van der Waals surface area contributed by atoms with Crippen LogP contribution in [0.2, 0.25) is 0 Å². The molecule has 0 atom stereocenters. The molecule has 46 heavy (non-hydrogen) atoms. The summed E-state index contributed by atoms with van der Waals surface area (Å²) in [6.07, 6.45) is -1.15. The van der Waals surface area contributed by atoms with E-state index in [0.29, 0.717) is 18.6 Å². The number of fused-ring (bicyclic) bond motifs is 1. The first-order chi connectivity index (χ1) is 21.9. The largest absolute Gasteiger partial charge is 0.490 e. The van der Waals surface area contributed by atoms with Gasteiger partial charge >= 0.3 is 18.1 Å². The van der Waals surface area contributed by atoms with E-state index in [-0.39, 0.29) is 6.42 Å². The van der Waals surface area contributed by atoms with Crippen LogP contribution < -0.4 is 9.64 Å². The average molecular weight is 652 g/mol. The van der Waals surface area contributed by atoms with Crippen LogP contribution in [0, 0.1) is 18.3 Å². The molecule has 2 heterocycles. The van der Waals surface area contributed by atoms with Crippen LogP contribution in [0.3, 0.4) is 0 Å². The van der Waals surface area contributed by atoms with Crippen molar-refractivity contribution in [3.05, 3.63) is 100 Å². The molecule has 1 aromatic heterocycles. The van der Waals surface area contributed by atoms with Gasteiger partial charge in [0.1, 0.15) is 22.4 Å². The van der Waals surface area contributed by atoms with E-state index in [1.165, 1.54) is 16.3 Å². The zero-order valence-corrected chi connectivity index (χ0v) is 25.8. The van der Waals surface area contributed by atoms with Crippen molar-refractivity contribution in [3.8, 4) is 22.4 Å². The SMILES string of the molecule is Cc1cc(-c2nc3c(s2)N(Cc2ccc(COc4ccc(CCC(=O)O)cc4)cc2)CCCC3)ccc1C#N.O=C(O)C(F)(F)F. The monoisotopic (exact) mass is 651 g/mol. The highest BCUT2D eigenvalue weighted by molar-refractivity contribution is 7.19. The van der Waals surface area contributed by atoms with Gasteiger partial charge in [-0.3, -0.25) is 4.79 Å². The van der Waals surface area contributed by atoms with E-state index in [1.807, 2.05) is 43.3 Å². The number of carboxylic acid groups (broad SMARTS) is 2. The molecule has 1 aliphatic heterocycles. The fourth-order valence-electron chi connectivity index (χ4n) is 4.78. The molecule has 0 radical (unpaired) electrons. The lowest BCUT2D eigenvalue weighted by Gasteiger charge is -2.22. The maximum absolute atomic E-state index is 10.7. The van der Waals surface area contributed by atoms with E-state index in [2.05, 4.69) is 41.3 Å². The topological polar surface area (TPSA) is 124 Å². The number of nitrogens with zero attached hydrogens (tertiary/aromatic N) is 3. The molecule has 0 unspecified atom stereocenters. The number of nitriles is 1. The molecule has 2 N–H and O–H groups in total. The van der Waals surface area contributed by atoms with E-state index in [0.717, 1.165) is 65.4 Å². The number of aromatic nitrogens is 1. The summed E-state index contributed by atoms with van der Waals surface area (Å²) in [6.45, 7) is 4.29. The lowest BCUT2D eigenvalue weighted by Crippen LogP contribution is -2.22. The van der Waals surface area contributed by atoms with Crippen LogP contribution in [0.25, 0.3) is 10.6 Å². The van der Waals surface area contributed by atoms with E-state index in [4.69, 9.17) is 24.7 Å². The molecule has 0 spiro atoms. The number of hydrogen-bond donors (Lipinski definition) is 2. The Morgan fingerprint density at radius 1 is 1.00 bits per heavy atom. The van der Waals surface area contributed by atoms with Gasteiger partial charge in [0.05, 0.1) is 17.3 Å². The van der Waals surface area contributed by atoms with Gasteiger partial charge in [-0.25, -0.2) is 9.78 Å². The predicted octanol–water partition coefficient (Wildman–Crippen LogP) is 7.56. The lowest BCUT2D eigenvalue weighted by molar-refractivity contribution is -0.192. The molecule has 8 nitrogen and oxygen atoms in total. The van der Waals surface area contributed by atoms with Crippen LogP contribution in [-0.2, 0) is 35.6 Å². The molecule has 0 aliphatic carbocycles.